The Labute approximate surface area is 212 Å². The van der Waals surface area contributed by atoms with Gasteiger partial charge < -0.3 is 14.8 Å². The molecule has 7 heteroatoms. The Morgan fingerprint density at radius 3 is 2.58 bits per heavy atom. The average molecular weight is 503 g/mol. The molecule has 3 N–H and O–H groups in total. The highest BCUT2D eigenvalue weighted by atomic mass is 35.5. The minimum absolute atomic E-state index is 0.155. The fourth-order valence-electron chi connectivity index (χ4n) is 4.42. The molecule has 1 aromatic heterocycles. The van der Waals surface area contributed by atoms with Crippen molar-refractivity contribution in [2.45, 2.75) is 25.6 Å². The van der Waals surface area contributed by atoms with Gasteiger partial charge in [-0.05, 0) is 40.6 Å². The lowest BCUT2D eigenvalue weighted by atomic mass is 10.0. The molecule has 0 aliphatic carbocycles. The molecule has 0 aliphatic rings. The number of aromatic amines is 1. The molecule has 1 heterocycles. The van der Waals surface area contributed by atoms with Crippen LogP contribution in [0.15, 0.2) is 85.1 Å². The van der Waals surface area contributed by atoms with Gasteiger partial charge in [0.1, 0.15) is 24.2 Å². The SMILES string of the molecule is O=C(O)[C@@H](Cc1c[nH]c2ccccc12)NCc1c(OCc2ccc(F)cc2Cl)ccc2ccccc12. The number of benzene rings is 4. The number of carboxylic acid groups (broad SMARTS) is 1. The summed E-state index contributed by atoms with van der Waals surface area (Å²) in [5.74, 6) is -0.729. The van der Waals surface area contributed by atoms with Gasteiger partial charge in [0.2, 0.25) is 0 Å². The van der Waals surface area contributed by atoms with Crippen molar-refractivity contribution >= 4 is 39.2 Å². The summed E-state index contributed by atoms with van der Waals surface area (Å²) in [7, 11) is 0. The Morgan fingerprint density at radius 2 is 1.78 bits per heavy atom. The van der Waals surface area contributed by atoms with Crippen LogP contribution in [-0.4, -0.2) is 22.1 Å². The smallest absolute Gasteiger partial charge is 0.321 e. The molecule has 0 saturated carbocycles. The first-order valence-electron chi connectivity index (χ1n) is 11.6. The molecule has 0 unspecified atom stereocenters. The number of rotatable bonds is 9. The second-order valence-electron chi connectivity index (χ2n) is 8.62. The summed E-state index contributed by atoms with van der Waals surface area (Å²) in [6.45, 7) is 0.440. The van der Waals surface area contributed by atoms with E-state index in [1.165, 1.54) is 12.1 Å². The van der Waals surface area contributed by atoms with Crippen molar-refractivity contribution in [2.24, 2.45) is 0 Å². The van der Waals surface area contributed by atoms with Crippen molar-refractivity contribution in [3.05, 3.63) is 113 Å². The third-order valence-electron chi connectivity index (χ3n) is 6.32. The second-order valence-corrected chi connectivity index (χ2v) is 9.03. The molecule has 5 aromatic rings. The zero-order chi connectivity index (χ0) is 25.1. The molecule has 4 aromatic carbocycles. The van der Waals surface area contributed by atoms with Crippen LogP contribution >= 0.6 is 11.6 Å². The van der Waals surface area contributed by atoms with E-state index in [0.717, 1.165) is 32.8 Å². The number of H-pyrrole nitrogens is 1. The first kappa shape index (κ1) is 23.9. The molecule has 0 fully saturated rings. The number of aromatic nitrogens is 1. The van der Waals surface area contributed by atoms with Crippen LogP contribution in [0.2, 0.25) is 5.02 Å². The normalized spacial score (nSPS) is 12.2. The van der Waals surface area contributed by atoms with E-state index >= 15 is 0 Å². The number of fused-ring (bicyclic) bond motifs is 2. The average Bonchev–Trinajstić information content (AvgIpc) is 3.29. The molecule has 1 atom stereocenters. The van der Waals surface area contributed by atoms with Gasteiger partial charge >= 0.3 is 5.97 Å². The summed E-state index contributed by atoms with van der Waals surface area (Å²) in [5.41, 5.74) is 3.41. The van der Waals surface area contributed by atoms with Gasteiger partial charge in [0.05, 0.1) is 5.02 Å². The number of carboxylic acids is 1. The van der Waals surface area contributed by atoms with Crippen molar-refractivity contribution in [1.29, 1.82) is 0 Å². The minimum atomic E-state index is -0.930. The van der Waals surface area contributed by atoms with Crippen molar-refractivity contribution in [3.8, 4) is 5.75 Å². The molecule has 5 rings (SSSR count). The van der Waals surface area contributed by atoms with Crippen LogP contribution in [0.1, 0.15) is 16.7 Å². The van der Waals surface area contributed by atoms with Gasteiger partial charge in [-0.3, -0.25) is 10.1 Å². The Hall–Kier alpha value is -3.87. The summed E-state index contributed by atoms with van der Waals surface area (Å²) in [6.07, 6.45) is 2.19. The van der Waals surface area contributed by atoms with E-state index in [1.54, 1.807) is 6.07 Å². The molecule has 36 heavy (non-hydrogen) atoms. The van der Waals surface area contributed by atoms with Crippen LogP contribution in [0.3, 0.4) is 0 Å². The summed E-state index contributed by atoms with van der Waals surface area (Å²) >= 11 is 6.18. The van der Waals surface area contributed by atoms with E-state index in [1.807, 2.05) is 66.9 Å². The number of hydrogen-bond donors (Lipinski definition) is 3. The van der Waals surface area contributed by atoms with Crippen LogP contribution in [0.4, 0.5) is 4.39 Å². The molecule has 0 bridgehead atoms. The standard InChI is InChI=1S/C29H24ClFN2O3/c30-25-14-21(31)11-9-19(25)17-36-28-12-10-18-5-1-2-6-22(18)24(28)16-33-27(29(34)35)13-20-15-32-26-8-4-3-7-23(20)26/h1-12,14-15,27,32-33H,13,16-17H2,(H,34,35)/t27-/m1/s1. The maximum atomic E-state index is 13.4. The van der Waals surface area contributed by atoms with Crippen LogP contribution in [0.5, 0.6) is 5.75 Å². The van der Waals surface area contributed by atoms with E-state index < -0.39 is 17.8 Å². The molecule has 0 saturated heterocycles. The molecular formula is C29H24ClFN2O3. The summed E-state index contributed by atoms with van der Waals surface area (Å²) in [4.78, 5) is 15.4. The highest BCUT2D eigenvalue weighted by Crippen LogP contribution is 2.30. The van der Waals surface area contributed by atoms with Gasteiger partial charge in [0.25, 0.3) is 0 Å². The first-order valence-corrected chi connectivity index (χ1v) is 12.0. The maximum Gasteiger partial charge on any atom is 0.321 e. The minimum Gasteiger partial charge on any atom is -0.488 e. The highest BCUT2D eigenvalue weighted by molar-refractivity contribution is 6.31. The number of para-hydroxylation sites is 1. The van der Waals surface area contributed by atoms with Gasteiger partial charge in [-0.2, -0.15) is 0 Å². The lowest BCUT2D eigenvalue weighted by Crippen LogP contribution is -2.38. The van der Waals surface area contributed by atoms with Crippen LogP contribution < -0.4 is 10.1 Å². The van der Waals surface area contributed by atoms with E-state index in [0.29, 0.717) is 22.8 Å². The fourth-order valence-corrected chi connectivity index (χ4v) is 4.64. The van der Waals surface area contributed by atoms with Gasteiger partial charge in [-0.25, -0.2) is 4.39 Å². The number of hydrogen-bond acceptors (Lipinski definition) is 3. The number of carbonyl (C=O) groups is 1. The van der Waals surface area contributed by atoms with Crippen molar-refractivity contribution in [1.82, 2.24) is 10.3 Å². The first-order chi connectivity index (χ1) is 17.5. The van der Waals surface area contributed by atoms with Crippen LogP contribution in [0, 0.1) is 5.82 Å². The zero-order valence-corrected chi connectivity index (χ0v) is 20.1. The third-order valence-corrected chi connectivity index (χ3v) is 6.67. The maximum absolute atomic E-state index is 13.4. The monoisotopic (exact) mass is 502 g/mol. The van der Waals surface area contributed by atoms with Gasteiger partial charge in [0.15, 0.2) is 0 Å². The quantitative estimate of drug-likeness (QED) is 0.216. The summed E-state index contributed by atoms with van der Waals surface area (Å²) in [5, 5.41) is 16.5. The Bertz CT molecular complexity index is 1550. The van der Waals surface area contributed by atoms with Crippen LogP contribution in [-0.2, 0) is 24.4 Å². The van der Waals surface area contributed by atoms with Crippen molar-refractivity contribution < 1.29 is 19.0 Å². The number of aliphatic carboxylic acids is 1. The predicted molar refractivity (Wildman–Crippen MR) is 140 cm³/mol. The predicted octanol–water partition coefficient (Wildman–Crippen LogP) is 6.48. The molecular weight excluding hydrogens is 479 g/mol. The van der Waals surface area contributed by atoms with Crippen LogP contribution in [0.25, 0.3) is 21.7 Å². The summed E-state index contributed by atoms with van der Waals surface area (Å²) < 4.78 is 19.5. The third kappa shape index (κ3) is 5.05. The number of ether oxygens (including phenoxy) is 1. The van der Waals surface area contributed by atoms with Gasteiger partial charge in [0, 0.05) is 41.2 Å². The number of nitrogens with one attached hydrogen (secondary N) is 2. The largest absolute Gasteiger partial charge is 0.488 e. The van der Waals surface area contributed by atoms with Crippen molar-refractivity contribution in [2.75, 3.05) is 0 Å². The molecule has 0 radical (unpaired) electrons. The zero-order valence-electron chi connectivity index (χ0n) is 19.3. The lowest BCUT2D eigenvalue weighted by Gasteiger charge is -2.18. The second kappa shape index (κ2) is 10.4. The van der Waals surface area contributed by atoms with Crippen molar-refractivity contribution in [3.63, 3.8) is 0 Å². The van der Waals surface area contributed by atoms with Gasteiger partial charge in [-0.1, -0.05) is 66.2 Å². The van der Waals surface area contributed by atoms with Gasteiger partial charge in [-0.15, -0.1) is 0 Å². The number of halogens is 2. The molecule has 0 amide bonds. The van der Waals surface area contributed by atoms with E-state index in [4.69, 9.17) is 16.3 Å². The molecule has 0 aliphatic heterocycles. The fraction of sp³-hybridized carbons (Fsp3) is 0.138. The highest BCUT2D eigenvalue weighted by Gasteiger charge is 2.21. The van der Waals surface area contributed by atoms with E-state index in [-0.39, 0.29) is 13.2 Å². The summed E-state index contributed by atoms with van der Waals surface area (Å²) in [6, 6.07) is 22.9. The Kier molecular flexibility index (Phi) is 6.89. The molecule has 5 nitrogen and oxygen atoms in total. The lowest BCUT2D eigenvalue weighted by molar-refractivity contribution is -0.139. The molecule has 0 spiro atoms. The Morgan fingerprint density at radius 1 is 1.00 bits per heavy atom. The molecule has 182 valence electrons. The Balaban J connectivity index is 1.40. The topological polar surface area (TPSA) is 74.3 Å². The van der Waals surface area contributed by atoms with E-state index in [9.17, 15) is 14.3 Å². The van der Waals surface area contributed by atoms with E-state index in [2.05, 4.69) is 10.3 Å².